The Morgan fingerprint density at radius 2 is 1.00 bits per heavy atom. The van der Waals surface area contributed by atoms with Gasteiger partial charge in [-0.2, -0.15) is 48.9 Å². The fourth-order valence-electron chi connectivity index (χ4n) is 2.14. The Morgan fingerprint density at radius 1 is 0.680 bits per heavy atom. The Morgan fingerprint density at radius 3 is 1.32 bits per heavy atom. The van der Waals surface area contributed by atoms with E-state index in [2.05, 4.69) is 102 Å². The van der Waals surface area contributed by atoms with Gasteiger partial charge in [-0.25, -0.2) is 0 Å². The first-order valence-corrected chi connectivity index (χ1v) is 9.84. The first kappa shape index (κ1) is 23.4. The quantitative estimate of drug-likeness (QED) is 0.271. The average Bonchev–Trinajstić information content (AvgIpc) is 3.35. The second kappa shape index (κ2) is 15.9. The van der Waals surface area contributed by atoms with E-state index in [-0.39, 0.29) is 0 Å². The topological polar surface area (TPSA) is 0 Å². The third kappa shape index (κ3) is 8.89. The van der Waals surface area contributed by atoms with Crippen molar-refractivity contribution < 1.29 is 24.2 Å². The van der Waals surface area contributed by atoms with Crippen LogP contribution >= 0.6 is 0 Å². The molecule has 0 aliphatic rings. The van der Waals surface area contributed by atoms with Gasteiger partial charge >= 0.3 is 34.9 Å². The molecule has 4 aromatic rings. The molecule has 1 heteroatoms. The zero-order valence-electron chi connectivity index (χ0n) is 15.6. The van der Waals surface area contributed by atoms with E-state index in [1.165, 1.54) is 45.8 Å². The normalized spacial score (nSPS) is 8.32. The number of benzene rings is 2. The van der Waals surface area contributed by atoms with Crippen LogP contribution in [0, 0.1) is 13.8 Å². The van der Waals surface area contributed by atoms with Gasteiger partial charge in [0.1, 0.15) is 0 Å². The summed E-state index contributed by atoms with van der Waals surface area (Å²) < 4.78 is 2.09. The third-order valence-corrected chi connectivity index (χ3v) is 3.10. The fraction of sp³-hybridized carbons (Fsp3) is 0.125. The predicted molar refractivity (Wildman–Crippen MR) is 113 cm³/mol. The van der Waals surface area contributed by atoms with Gasteiger partial charge in [0.05, 0.1) is 0 Å². The van der Waals surface area contributed by atoms with Crippen LogP contribution in [0.2, 0.25) is 0 Å². The summed E-state index contributed by atoms with van der Waals surface area (Å²) >= 11 is 1.51. The fourth-order valence-corrected chi connectivity index (χ4v) is 2.14. The molecule has 0 aliphatic heterocycles. The van der Waals surface area contributed by atoms with Crippen molar-refractivity contribution in [3.05, 3.63) is 98.8 Å². The standard InChI is InChI=1S/2C9H7.2C2H5.C2H4.Zr/c2*1-2-5-9-7-3-6-8(9)4-1;3*1-2;/h2*1-7H;2*1H2,2H3;1H,2H3;/q4*-1;;. The first-order chi connectivity index (χ1) is 12.3. The Bertz CT molecular complexity index is 663. The zero-order valence-corrected chi connectivity index (χ0v) is 18.0. The minimum Gasteiger partial charge on any atom is -0.346 e. The molecule has 0 aliphatic carbocycles. The Hall–Kier alpha value is -1.59. The molecular weight excluding hydrogens is 379 g/mol. The van der Waals surface area contributed by atoms with Gasteiger partial charge in [0.25, 0.3) is 0 Å². The second-order valence-corrected chi connectivity index (χ2v) is 6.02. The van der Waals surface area contributed by atoms with Crippen LogP contribution in [-0.4, -0.2) is 3.71 Å². The predicted octanol–water partition coefficient (Wildman–Crippen LogP) is 7.15. The zero-order chi connectivity index (χ0) is 18.9. The van der Waals surface area contributed by atoms with E-state index in [0.717, 1.165) is 0 Å². The van der Waals surface area contributed by atoms with Crippen molar-refractivity contribution >= 4 is 25.3 Å². The summed E-state index contributed by atoms with van der Waals surface area (Å²) in [6.07, 6.45) is 0. The molecule has 0 heterocycles. The number of fused-ring (bicyclic) bond motifs is 2. The van der Waals surface area contributed by atoms with Crippen LogP contribution in [0.15, 0.2) is 84.9 Å². The van der Waals surface area contributed by atoms with Crippen LogP contribution in [0.5, 0.6) is 0 Å². The summed E-state index contributed by atoms with van der Waals surface area (Å²) in [6, 6.07) is 29.3. The summed E-state index contributed by atoms with van der Waals surface area (Å²) in [4.78, 5) is 0. The molecule has 0 aromatic heterocycles. The van der Waals surface area contributed by atoms with Gasteiger partial charge < -0.3 is 13.8 Å². The van der Waals surface area contributed by atoms with Crippen molar-refractivity contribution in [3.8, 4) is 0 Å². The molecule has 0 nitrogen and oxygen atoms in total. The Balaban J connectivity index is 0.000000343. The third-order valence-electron chi connectivity index (χ3n) is 3.10. The molecule has 4 rings (SSSR count). The van der Waals surface area contributed by atoms with Crippen LogP contribution in [0.4, 0.5) is 0 Å². The maximum Gasteiger partial charge on any atom is -0.0809 e. The summed E-state index contributed by atoms with van der Waals surface area (Å²) in [6.45, 7) is 12.0. The van der Waals surface area contributed by atoms with Gasteiger partial charge in [0.2, 0.25) is 0 Å². The minimum absolute atomic E-state index is 1.33. The maximum atomic E-state index is 3.25. The van der Waals surface area contributed by atoms with Crippen LogP contribution in [0.1, 0.15) is 20.8 Å². The molecule has 0 amide bonds. The van der Waals surface area contributed by atoms with Crippen LogP contribution in [-0.2, 0) is 24.2 Å². The molecule has 0 saturated carbocycles. The molecule has 0 unspecified atom stereocenters. The van der Waals surface area contributed by atoms with Crippen molar-refractivity contribution in [3.63, 3.8) is 0 Å². The smallest absolute Gasteiger partial charge is 0.0809 e. The van der Waals surface area contributed by atoms with Gasteiger partial charge in [-0.15, -0.1) is 59.3 Å². The maximum absolute atomic E-state index is 3.25. The summed E-state index contributed by atoms with van der Waals surface area (Å²) in [5.74, 6) is 0. The van der Waals surface area contributed by atoms with E-state index in [0.29, 0.717) is 0 Å². The Labute approximate surface area is 168 Å². The van der Waals surface area contributed by atoms with Crippen molar-refractivity contribution in [2.45, 2.75) is 20.8 Å². The van der Waals surface area contributed by atoms with Gasteiger partial charge in [-0.05, 0) is 0 Å². The molecule has 25 heavy (non-hydrogen) atoms. The van der Waals surface area contributed by atoms with Crippen molar-refractivity contribution in [2.24, 2.45) is 0 Å². The van der Waals surface area contributed by atoms with E-state index in [1.807, 2.05) is 6.92 Å². The minimum atomic E-state index is 1.33. The van der Waals surface area contributed by atoms with E-state index < -0.39 is 0 Å². The van der Waals surface area contributed by atoms with E-state index >= 15 is 0 Å². The molecule has 4 aromatic carbocycles. The van der Waals surface area contributed by atoms with Gasteiger partial charge in [0, 0.05) is 0 Å². The molecule has 132 valence electrons. The van der Waals surface area contributed by atoms with Crippen molar-refractivity contribution in [1.82, 2.24) is 0 Å². The SMILES string of the molecule is C[CH]=[Zr].[CH2-]C.[CH2-]C.c1ccc2[cH-]ccc2c1.c1ccc2[cH-]ccc2c1. The summed E-state index contributed by atoms with van der Waals surface area (Å²) in [5, 5.41) is 5.32. The number of hydrogen-bond acceptors (Lipinski definition) is 0. The van der Waals surface area contributed by atoms with Crippen LogP contribution < -0.4 is 0 Å². The largest absolute Gasteiger partial charge is 0.346 e. The van der Waals surface area contributed by atoms with Crippen LogP contribution in [0.25, 0.3) is 21.5 Å². The van der Waals surface area contributed by atoms with E-state index in [1.54, 1.807) is 13.8 Å². The molecule has 0 saturated heterocycles. The second-order valence-electron chi connectivity index (χ2n) is 4.60. The molecule has 0 fully saturated rings. The number of hydrogen-bond donors (Lipinski definition) is 0. The molecule has 0 atom stereocenters. The van der Waals surface area contributed by atoms with E-state index in [9.17, 15) is 0 Å². The van der Waals surface area contributed by atoms with Gasteiger partial charge in [-0.3, -0.25) is 0 Å². The molecular formula is C24H28Zr-4. The molecule has 0 spiro atoms. The molecule has 0 bridgehead atoms. The van der Waals surface area contributed by atoms with Crippen molar-refractivity contribution in [2.75, 3.05) is 0 Å². The summed E-state index contributed by atoms with van der Waals surface area (Å²) in [7, 11) is 0. The summed E-state index contributed by atoms with van der Waals surface area (Å²) in [5.41, 5.74) is 0. The van der Waals surface area contributed by atoms with Crippen molar-refractivity contribution in [1.29, 1.82) is 0 Å². The van der Waals surface area contributed by atoms with Crippen LogP contribution in [0.3, 0.4) is 0 Å². The molecule has 0 N–H and O–H groups in total. The van der Waals surface area contributed by atoms with Gasteiger partial charge in [0.15, 0.2) is 0 Å². The van der Waals surface area contributed by atoms with Gasteiger partial charge in [-0.1, -0.05) is 12.1 Å². The number of rotatable bonds is 0. The monoisotopic (exact) mass is 406 g/mol. The first-order valence-electron chi connectivity index (χ1n) is 8.42. The average molecular weight is 408 g/mol. The molecule has 0 radical (unpaired) electrons. The Kier molecular flexibility index (Phi) is 14.9. The van der Waals surface area contributed by atoms with E-state index in [4.69, 9.17) is 0 Å².